The van der Waals surface area contributed by atoms with Crippen molar-refractivity contribution in [1.29, 1.82) is 0 Å². The summed E-state index contributed by atoms with van der Waals surface area (Å²) in [6, 6.07) is 0. The fourth-order valence-electron chi connectivity index (χ4n) is 1.79. The molecular formula is C11H22NO4+. The van der Waals surface area contributed by atoms with Crippen LogP contribution in [-0.4, -0.2) is 52.3 Å². The van der Waals surface area contributed by atoms with Gasteiger partial charge in [-0.2, -0.15) is 9.28 Å². The van der Waals surface area contributed by atoms with Crippen LogP contribution < -0.4 is 0 Å². The second kappa shape index (κ2) is 4.69. The van der Waals surface area contributed by atoms with Gasteiger partial charge in [-0.1, -0.05) is 0 Å². The lowest BCUT2D eigenvalue weighted by Crippen LogP contribution is -2.59. The van der Waals surface area contributed by atoms with Crippen LogP contribution in [0.5, 0.6) is 0 Å². The fraction of sp³-hybridized carbons (Fsp3) is 0.909. The summed E-state index contributed by atoms with van der Waals surface area (Å²) in [4.78, 5) is 12.0. The number of ether oxygens (including phenoxy) is 1. The maximum atomic E-state index is 12.0. The second-order valence-corrected chi connectivity index (χ2v) is 5.45. The van der Waals surface area contributed by atoms with E-state index >= 15 is 0 Å². The summed E-state index contributed by atoms with van der Waals surface area (Å²) >= 11 is 0. The maximum Gasteiger partial charge on any atom is 0.518 e. The lowest BCUT2D eigenvalue weighted by atomic mass is 10.1. The number of hydrogen-bond donors (Lipinski definition) is 2. The highest BCUT2D eigenvalue weighted by atomic mass is 16.6. The third kappa shape index (κ3) is 3.17. The minimum Gasteiger partial charge on any atom is -0.414 e. The van der Waals surface area contributed by atoms with Crippen LogP contribution in [0.2, 0.25) is 0 Å². The molecule has 0 aromatic rings. The molecule has 1 heterocycles. The molecule has 94 valence electrons. The van der Waals surface area contributed by atoms with Crippen molar-refractivity contribution in [2.45, 2.75) is 45.3 Å². The molecule has 0 aliphatic carbocycles. The number of piperidine rings is 1. The van der Waals surface area contributed by atoms with E-state index in [0.717, 1.165) is 0 Å². The van der Waals surface area contributed by atoms with Gasteiger partial charge < -0.3 is 14.9 Å². The molecular weight excluding hydrogens is 210 g/mol. The van der Waals surface area contributed by atoms with E-state index in [1.54, 1.807) is 20.8 Å². The molecule has 5 nitrogen and oxygen atoms in total. The third-order valence-electron chi connectivity index (χ3n) is 2.83. The molecule has 0 saturated carbocycles. The van der Waals surface area contributed by atoms with E-state index in [-0.39, 0.29) is 17.3 Å². The number of nitrogens with zero attached hydrogens (tertiary/aromatic N) is 1. The second-order valence-electron chi connectivity index (χ2n) is 5.45. The largest absolute Gasteiger partial charge is 0.518 e. The average Bonchev–Trinajstić information content (AvgIpc) is 2.17. The summed E-state index contributed by atoms with van der Waals surface area (Å²) in [5.41, 5.74) is -0.548. The quantitative estimate of drug-likeness (QED) is 0.658. The minimum atomic E-state index is -0.548. The van der Waals surface area contributed by atoms with Crippen molar-refractivity contribution >= 4 is 6.09 Å². The number of quaternary nitrogens is 1. The molecule has 5 heteroatoms. The smallest absolute Gasteiger partial charge is 0.414 e. The first-order valence-electron chi connectivity index (χ1n) is 5.68. The van der Waals surface area contributed by atoms with Gasteiger partial charge in [0.1, 0.15) is 5.60 Å². The van der Waals surface area contributed by atoms with Crippen LogP contribution in [0.3, 0.4) is 0 Å². The van der Waals surface area contributed by atoms with Crippen molar-refractivity contribution in [3.05, 3.63) is 0 Å². The van der Waals surface area contributed by atoms with Gasteiger partial charge in [-0.25, -0.2) is 0 Å². The van der Waals surface area contributed by atoms with E-state index < -0.39 is 11.7 Å². The third-order valence-corrected chi connectivity index (χ3v) is 2.83. The molecule has 1 aliphatic rings. The minimum absolute atomic E-state index is 0.0890. The molecule has 0 atom stereocenters. The van der Waals surface area contributed by atoms with E-state index in [1.807, 2.05) is 0 Å². The summed E-state index contributed by atoms with van der Waals surface area (Å²) in [5.74, 6) is 0. The van der Waals surface area contributed by atoms with Gasteiger partial charge in [-0.05, 0) is 20.8 Å². The van der Waals surface area contributed by atoms with Gasteiger partial charge >= 0.3 is 6.09 Å². The topological polar surface area (TPSA) is 66.8 Å². The SMILES string of the molecule is CC(C)(C)OC(=O)[N+]1(CO)CCC(O)CC1. The van der Waals surface area contributed by atoms with Crippen LogP contribution in [-0.2, 0) is 4.74 Å². The van der Waals surface area contributed by atoms with Gasteiger partial charge in [0.15, 0.2) is 6.73 Å². The van der Waals surface area contributed by atoms with Crippen LogP contribution in [0.4, 0.5) is 4.79 Å². The first kappa shape index (κ1) is 13.4. The Labute approximate surface area is 96.2 Å². The molecule has 0 aromatic heterocycles. The van der Waals surface area contributed by atoms with Crippen LogP contribution in [0.25, 0.3) is 0 Å². The highest BCUT2D eigenvalue weighted by Crippen LogP contribution is 2.22. The van der Waals surface area contributed by atoms with Gasteiger partial charge in [0.2, 0.25) is 0 Å². The number of amides is 1. The van der Waals surface area contributed by atoms with Crippen LogP contribution in [0.1, 0.15) is 33.6 Å². The number of aliphatic hydroxyl groups excluding tert-OH is 2. The van der Waals surface area contributed by atoms with Crippen molar-refractivity contribution in [3.63, 3.8) is 0 Å². The number of rotatable bonds is 1. The summed E-state index contributed by atoms with van der Waals surface area (Å²) in [6.45, 7) is 6.02. The number of likely N-dealkylation sites (tertiary alicyclic amines) is 1. The molecule has 0 spiro atoms. The summed E-state index contributed by atoms with van der Waals surface area (Å²) in [7, 11) is 0. The first-order valence-corrected chi connectivity index (χ1v) is 5.68. The van der Waals surface area contributed by atoms with Gasteiger partial charge in [0, 0.05) is 12.8 Å². The van der Waals surface area contributed by atoms with Gasteiger partial charge in [-0.15, -0.1) is 0 Å². The standard InChI is InChI=1S/C11H22NO4/c1-11(2,3)16-10(15)12(8-13)6-4-9(14)5-7-12/h9,13-14H,4-8H2,1-3H3/q+1. The van der Waals surface area contributed by atoms with Crippen molar-refractivity contribution < 1.29 is 24.2 Å². The maximum absolute atomic E-state index is 12.0. The Bertz CT molecular complexity index is 251. The number of hydrogen-bond acceptors (Lipinski definition) is 4. The lowest BCUT2D eigenvalue weighted by molar-refractivity contribution is -0.883. The van der Waals surface area contributed by atoms with Crippen LogP contribution >= 0.6 is 0 Å². The Morgan fingerprint density at radius 1 is 1.38 bits per heavy atom. The van der Waals surface area contributed by atoms with Gasteiger partial charge in [0.05, 0.1) is 19.2 Å². The predicted molar refractivity (Wildman–Crippen MR) is 58.6 cm³/mol. The van der Waals surface area contributed by atoms with E-state index in [2.05, 4.69) is 0 Å². The molecule has 1 saturated heterocycles. The Hall–Kier alpha value is -0.650. The zero-order valence-electron chi connectivity index (χ0n) is 10.3. The molecule has 1 fully saturated rings. The molecule has 0 unspecified atom stereocenters. The van der Waals surface area contributed by atoms with Gasteiger partial charge in [-0.3, -0.25) is 0 Å². The van der Waals surface area contributed by atoms with Crippen molar-refractivity contribution in [3.8, 4) is 0 Å². The fourth-order valence-corrected chi connectivity index (χ4v) is 1.79. The summed E-state index contributed by atoms with van der Waals surface area (Å²) in [6.07, 6.45) is 0.293. The molecule has 0 radical (unpaired) electrons. The van der Waals surface area contributed by atoms with Crippen molar-refractivity contribution in [2.75, 3.05) is 19.8 Å². The van der Waals surface area contributed by atoms with Gasteiger partial charge in [0.25, 0.3) is 0 Å². The van der Waals surface area contributed by atoms with E-state index in [9.17, 15) is 15.0 Å². The Morgan fingerprint density at radius 3 is 2.25 bits per heavy atom. The molecule has 0 aromatic carbocycles. The number of carbonyl (C=O) groups is 1. The average molecular weight is 232 g/mol. The molecule has 1 aliphatic heterocycles. The first-order chi connectivity index (χ1) is 7.29. The molecule has 1 rings (SSSR count). The van der Waals surface area contributed by atoms with E-state index in [1.165, 1.54) is 0 Å². The highest BCUT2D eigenvalue weighted by Gasteiger charge is 2.43. The van der Waals surface area contributed by atoms with E-state index in [4.69, 9.17) is 4.74 Å². The van der Waals surface area contributed by atoms with Crippen LogP contribution in [0, 0.1) is 0 Å². The number of carbonyl (C=O) groups excluding carboxylic acids is 1. The van der Waals surface area contributed by atoms with Crippen LogP contribution in [0.15, 0.2) is 0 Å². The molecule has 2 N–H and O–H groups in total. The zero-order chi connectivity index (χ0) is 12.4. The number of aliphatic hydroxyl groups is 2. The summed E-state index contributed by atoms with van der Waals surface area (Å²) in [5, 5.41) is 18.8. The molecule has 0 bridgehead atoms. The predicted octanol–water partition coefficient (Wildman–Crippen LogP) is 0.843. The van der Waals surface area contributed by atoms with E-state index in [0.29, 0.717) is 25.9 Å². The lowest BCUT2D eigenvalue weighted by Gasteiger charge is -2.38. The van der Waals surface area contributed by atoms with Crippen molar-refractivity contribution in [1.82, 2.24) is 0 Å². The normalized spacial score (nSPS) is 31.2. The Morgan fingerprint density at radius 2 is 1.88 bits per heavy atom. The monoisotopic (exact) mass is 232 g/mol. The highest BCUT2D eigenvalue weighted by molar-refractivity contribution is 5.60. The summed E-state index contributed by atoms with van der Waals surface area (Å²) < 4.78 is 5.21. The van der Waals surface area contributed by atoms with Crippen molar-refractivity contribution in [2.24, 2.45) is 0 Å². The zero-order valence-corrected chi connectivity index (χ0v) is 10.3. The molecule has 1 amide bonds. The Balaban J connectivity index is 2.69. The molecule has 16 heavy (non-hydrogen) atoms. The Kier molecular flexibility index (Phi) is 3.93.